The van der Waals surface area contributed by atoms with E-state index in [2.05, 4.69) is 27.3 Å². The molecule has 112 valence electrons. The van der Waals surface area contributed by atoms with E-state index < -0.39 is 0 Å². The number of para-hydroxylation sites is 1. The van der Waals surface area contributed by atoms with E-state index in [1.807, 2.05) is 12.1 Å². The summed E-state index contributed by atoms with van der Waals surface area (Å²) in [5.41, 5.74) is 1.17. The number of halogens is 1. The van der Waals surface area contributed by atoms with E-state index in [-0.39, 0.29) is 6.10 Å². The largest absolute Gasteiger partial charge is 0.489 e. The molecule has 0 aromatic heterocycles. The molecule has 4 nitrogen and oxygen atoms in total. The first-order valence-electron chi connectivity index (χ1n) is 7.02. The molecular weight excluding hydrogens is 322 g/mol. The maximum atomic E-state index is 6.18. The van der Waals surface area contributed by atoms with E-state index in [9.17, 15) is 0 Å². The van der Waals surface area contributed by atoms with E-state index >= 15 is 0 Å². The highest BCUT2D eigenvalue weighted by atomic mass is 79.9. The van der Waals surface area contributed by atoms with Gasteiger partial charge in [0.15, 0.2) is 0 Å². The lowest BCUT2D eigenvalue weighted by Gasteiger charge is -2.25. The van der Waals surface area contributed by atoms with Gasteiger partial charge in [0.05, 0.1) is 24.3 Å². The summed E-state index contributed by atoms with van der Waals surface area (Å²) in [7, 11) is 1.71. The first kappa shape index (κ1) is 15.8. The number of nitrogens with one attached hydrogen (secondary N) is 1. The van der Waals surface area contributed by atoms with Gasteiger partial charge >= 0.3 is 0 Å². The molecule has 1 aromatic rings. The summed E-state index contributed by atoms with van der Waals surface area (Å²) in [5.74, 6) is 0.948. The molecule has 0 bridgehead atoms. The van der Waals surface area contributed by atoms with Crippen molar-refractivity contribution in [3.05, 3.63) is 28.2 Å². The summed E-state index contributed by atoms with van der Waals surface area (Å²) >= 11 is 3.59. The molecule has 2 rings (SSSR count). The molecule has 20 heavy (non-hydrogen) atoms. The average Bonchev–Trinajstić information content (AvgIpc) is 2.48. The number of methoxy groups -OCH3 is 1. The zero-order valence-electron chi connectivity index (χ0n) is 11.9. The van der Waals surface area contributed by atoms with Gasteiger partial charge in [0.1, 0.15) is 11.9 Å². The fourth-order valence-corrected chi connectivity index (χ4v) is 2.68. The summed E-state index contributed by atoms with van der Waals surface area (Å²) in [5, 5.41) is 3.36. The smallest absolute Gasteiger partial charge is 0.138 e. The predicted octanol–water partition coefficient (Wildman–Crippen LogP) is 2.74. The second kappa shape index (κ2) is 8.62. The highest BCUT2D eigenvalue weighted by molar-refractivity contribution is 9.10. The number of hydrogen-bond donors (Lipinski definition) is 1. The van der Waals surface area contributed by atoms with E-state index in [4.69, 9.17) is 14.2 Å². The predicted molar refractivity (Wildman–Crippen MR) is 82.2 cm³/mol. The Kier molecular flexibility index (Phi) is 6.79. The Bertz CT molecular complexity index is 408. The van der Waals surface area contributed by atoms with Gasteiger partial charge in [0.2, 0.25) is 0 Å². The minimum atomic E-state index is 0.250. The summed E-state index contributed by atoms with van der Waals surface area (Å²) < 4.78 is 17.6. The van der Waals surface area contributed by atoms with Crippen LogP contribution in [0.4, 0.5) is 0 Å². The zero-order valence-corrected chi connectivity index (χ0v) is 13.4. The van der Waals surface area contributed by atoms with Crippen molar-refractivity contribution in [2.24, 2.45) is 0 Å². The monoisotopic (exact) mass is 343 g/mol. The molecule has 1 heterocycles. The van der Waals surface area contributed by atoms with Gasteiger partial charge < -0.3 is 19.5 Å². The molecule has 5 heteroatoms. The molecule has 1 aliphatic heterocycles. The first-order chi connectivity index (χ1) is 9.81. The van der Waals surface area contributed by atoms with Crippen LogP contribution in [0.25, 0.3) is 0 Å². The molecule has 0 spiro atoms. The van der Waals surface area contributed by atoms with Crippen molar-refractivity contribution in [1.29, 1.82) is 0 Å². The van der Waals surface area contributed by atoms with E-state index in [1.54, 1.807) is 7.11 Å². The maximum absolute atomic E-state index is 6.18. The van der Waals surface area contributed by atoms with Crippen molar-refractivity contribution in [1.82, 2.24) is 5.32 Å². The van der Waals surface area contributed by atoms with Crippen molar-refractivity contribution in [2.45, 2.75) is 25.5 Å². The average molecular weight is 344 g/mol. The van der Waals surface area contributed by atoms with Gasteiger partial charge in [-0.05, 0) is 22.0 Å². The van der Waals surface area contributed by atoms with Gasteiger partial charge in [-0.1, -0.05) is 12.1 Å². The van der Waals surface area contributed by atoms with Gasteiger partial charge in [0, 0.05) is 38.6 Å². The number of hydrogen-bond acceptors (Lipinski definition) is 4. The highest BCUT2D eigenvalue weighted by Gasteiger charge is 2.18. The number of ether oxygens (including phenoxy) is 3. The van der Waals surface area contributed by atoms with Crippen LogP contribution in [0.5, 0.6) is 5.75 Å². The Morgan fingerprint density at radius 2 is 2.15 bits per heavy atom. The molecule has 1 N–H and O–H groups in total. The van der Waals surface area contributed by atoms with Crippen molar-refractivity contribution < 1.29 is 14.2 Å². The summed E-state index contributed by atoms with van der Waals surface area (Å²) in [4.78, 5) is 0. The van der Waals surface area contributed by atoms with Crippen LogP contribution in [-0.2, 0) is 16.0 Å². The Morgan fingerprint density at radius 3 is 2.90 bits per heavy atom. The minimum absolute atomic E-state index is 0.250. The highest BCUT2D eigenvalue weighted by Crippen LogP contribution is 2.31. The lowest BCUT2D eigenvalue weighted by Crippen LogP contribution is -2.27. The second-order valence-electron chi connectivity index (χ2n) is 4.83. The van der Waals surface area contributed by atoms with Crippen molar-refractivity contribution in [2.75, 3.05) is 33.5 Å². The maximum Gasteiger partial charge on any atom is 0.138 e. The van der Waals surface area contributed by atoms with Crippen molar-refractivity contribution >= 4 is 15.9 Å². The molecule has 0 saturated carbocycles. The van der Waals surface area contributed by atoms with Crippen LogP contribution in [0, 0.1) is 0 Å². The third kappa shape index (κ3) is 4.74. The van der Waals surface area contributed by atoms with Crippen LogP contribution >= 0.6 is 15.9 Å². The first-order valence-corrected chi connectivity index (χ1v) is 7.82. The van der Waals surface area contributed by atoms with Crippen LogP contribution < -0.4 is 10.1 Å². The zero-order chi connectivity index (χ0) is 14.2. The lowest BCUT2D eigenvalue weighted by atomic mass is 10.1. The summed E-state index contributed by atoms with van der Waals surface area (Å²) in [6.07, 6.45) is 2.16. The Hall–Kier alpha value is -0.620. The van der Waals surface area contributed by atoms with Gasteiger partial charge in [0.25, 0.3) is 0 Å². The molecule has 0 unspecified atom stereocenters. The van der Waals surface area contributed by atoms with E-state index in [0.29, 0.717) is 6.61 Å². The standard InChI is InChI=1S/C15H22BrNO3/c1-18-10-7-17-11-12-3-2-4-14(16)15(12)20-13-5-8-19-9-6-13/h2-4,13,17H,5-11H2,1H3. The molecular formula is C15H22BrNO3. The van der Waals surface area contributed by atoms with Crippen LogP contribution in [0.15, 0.2) is 22.7 Å². The summed E-state index contributed by atoms with van der Waals surface area (Å²) in [6, 6.07) is 6.15. The van der Waals surface area contributed by atoms with Gasteiger partial charge in [-0.2, -0.15) is 0 Å². The fraction of sp³-hybridized carbons (Fsp3) is 0.600. The molecule has 1 fully saturated rings. The Labute approximate surface area is 128 Å². The molecule has 1 aliphatic rings. The molecule has 1 aromatic carbocycles. The van der Waals surface area contributed by atoms with Crippen LogP contribution in [0.1, 0.15) is 18.4 Å². The molecule has 1 saturated heterocycles. The topological polar surface area (TPSA) is 39.7 Å². The van der Waals surface area contributed by atoms with Gasteiger partial charge in [-0.15, -0.1) is 0 Å². The second-order valence-corrected chi connectivity index (χ2v) is 5.68. The normalized spacial score (nSPS) is 16.3. The lowest BCUT2D eigenvalue weighted by molar-refractivity contribution is 0.0248. The van der Waals surface area contributed by atoms with Crippen LogP contribution in [-0.4, -0.2) is 39.6 Å². The third-order valence-corrected chi connectivity index (χ3v) is 3.92. The molecule has 0 radical (unpaired) electrons. The Morgan fingerprint density at radius 1 is 1.35 bits per heavy atom. The number of rotatable bonds is 7. The third-order valence-electron chi connectivity index (χ3n) is 3.30. The quantitative estimate of drug-likeness (QED) is 0.772. The SMILES string of the molecule is COCCNCc1cccc(Br)c1OC1CCOCC1. The van der Waals surface area contributed by atoms with Gasteiger partial charge in [-0.25, -0.2) is 0 Å². The van der Waals surface area contributed by atoms with Crippen LogP contribution in [0.2, 0.25) is 0 Å². The molecule has 0 aliphatic carbocycles. The summed E-state index contributed by atoms with van der Waals surface area (Å²) in [6.45, 7) is 3.90. The fourth-order valence-electron chi connectivity index (χ4n) is 2.18. The van der Waals surface area contributed by atoms with Crippen molar-refractivity contribution in [3.8, 4) is 5.75 Å². The minimum Gasteiger partial charge on any atom is -0.489 e. The van der Waals surface area contributed by atoms with Gasteiger partial charge in [-0.3, -0.25) is 0 Å². The van der Waals surface area contributed by atoms with Crippen LogP contribution in [0.3, 0.4) is 0 Å². The Balaban J connectivity index is 1.97. The van der Waals surface area contributed by atoms with Crippen molar-refractivity contribution in [3.63, 3.8) is 0 Å². The number of benzene rings is 1. The molecule has 0 amide bonds. The van der Waals surface area contributed by atoms with E-state index in [0.717, 1.165) is 49.4 Å². The van der Waals surface area contributed by atoms with E-state index in [1.165, 1.54) is 5.56 Å². The molecule has 0 atom stereocenters.